The fourth-order valence-electron chi connectivity index (χ4n) is 4.65. The Morgan fingerprint density at radius 3 is 2.47 bits per heavy atom. The van der Waals surface area contributed by atoms with Crippen molar-refractivity contribution in [1.82, 2.24) is 14.7 Å². The van der Waals surface area contributed by atoms with Crippen LogP contribution in [0.3, 0.4) is 0 Å². The van der Waals surface area contributed by atoms with Crippen molar-refractivity contribution in [2.45, 2.75) is 24.8 Å². The van der Waals surface area contributed by atoms with Gasteiger partial charge in [-0.2, -0.15) is 0 Å². The van der Waals surface area contributed by atoms with Crippen LogP contribution in [0.1, 0.15) is 30.4 Å². The van der Waals surface area contributed by atoms with Gasteiger partial charge >= 0.3 is 0 Å². The van der Waals surface area contributed by atoms with E-state index in [1.165, 1.54) is 12.0 Å². The Labute approximate surface area is 199 Å². The van der Waals surface area contributed by atoms with Gasteiger partial charge in [0.1, 0.15) is 5.84 Å². The molecule has 4 aromatic rings. The third-order valence-corrected chi connectivity index (χ3v) is 6.67. The summed E-state index contributed by atoms with van der Waals surface area (Å²) >= 11 is 0. The minimum atomic E-state index is -0.189. The molecule has 2 aromatic carbocycles. The molecule has 1 aliphatic carbocycles. The van der Waals surface area contributed by atoms with Gasteiger partial charge in [-0.1, -0.05) is 61.2 Å². The number of nitrogens with one attached hydrogen (secondary N) is 1. The lowest BCUT2D eigenvalue weighted by Crippen LogP contribution is -2.43. The van der Waals surface area contributed by atoms with Gasteiger partial charge in [0.25, 0.3) is 0 Å². The molecule has 5 rings (SSSR count). The van der Waals surface area contributed by atoms with Crippen molar-refractivity contribution in [1.29, 1.82) is 0 Å². The van der Waals surface area contributed by atoms with Crippen LogP contribution >= 0.6 is 0 Å². The predicted octanol–water partition coefficient (Wildman–Crippen LogP) is 5.12. The molecule has 0 atom stereocenters. The molecule has 0 unspecified atom stereocenters. The van der Waals surface area contributed by atoms with Gasteiger partial charge in [0.2, 0.25) is 0 Å². The van der Waals surface area contributed by atoms with E-state index in [2.05, 4.69) is 57.7 Å². The van der Waals surface area contributed by atoms with E-state index in [-0.39, 0.29) is 5.54 Å². The van der Waals surface area contributed by atoms with Gasteiger partial charge in [-0.3, -0.25) is 9.39 Å². The van der Waals surface area contributed by atoms with E-state index in [4.69, 9.17) is 15.5 Å². The molecule has 0 amide bonds. The highest BCUT2D eigenvalue weighted by molar-refractivity contribution is 6.00. The fraction of sp³-hybridized carbons (Fsp3) is 0.214. The van der Waals surface area contributed by atoms with Gasteiger partial charge in [0.15, 0.2) is 11.4 Å². The molecule has 6 nitrogen and oxygen atoms in total. The van der Waals surface area contributed by atoms with Crippen LogP contribution in [0, 0.1) is 0 Å². The van der Waals surface area contributed by atoms with Crippen molar-refractivity contribution in [2.75, 3.05) is 14.2 Å². The van der Waals surface area contributed by atoms with Crippen molar-refractivity contribution in [3.8, 4) is 28.3 Å². The Hall–Kier alpha value is -3.90. The number of aromatic nitrogens is 2. The van der Waals surface area contributed by atoms with Crippen LogP contribution in [-0.4, -0.2) is 29.4 Å². The normalized spacial score (nSPS) is 15.1. The molecule has 0 radical (unpaired) electrons. The highest BCUT2D eigenvalue weighted by Gasteiger charge is 2.34. The Morgan fingerprint density at radius 2 is 1.88 bits per heavy atom. The van der Waals surface area contributed by atoms with Gasteiger partial charge in [0, 0.05) is 35.5 Å². The van der Waals surface area contributed by atoms with Crippen LogP contribution in [0.2, 0.25) is 0 Å². The standard InChI is InChI=1S/C28H29N5O/c1-4-31-26(30-2)21-17-23(34-3)27-32-24(25(33(27)18-21)20-9-6-5-7-10-20)19-11-13-22(14-12-19)28(29)15-8-16-28/h4-7,9-14,17-18H,1,8,15-16,29H2,2-3H3,(H,30,31). The molecule has 6 heteroatoms. The summed E-state index contributed by atoms with van der Waals surface area (Å²) in [6.07, 6.45) is 6.91. The van der Waals surface area contributed by atoms with Crippen molar-refractivity contribution >= 4 is 11.5 Å². The number of nitrogens with zero attached hydrogens (tertiary/aromatic N) is 3. The largest absolute Gasteiger partial charge is 0.493 e. The second-order valence-corrected chi connectivity index (χ2v) is 8.67. The Morgan fingerprint density at radius 1 is 1.15 bits per heavy atom. The monoisotopic (exact) mass is 451 g/mol. The highest BCUT2D eigenvalue weighted by atomic mass is 16.5. The topological polar surface area (TPSA) is 76.9 Å². The zero-order valence-corrected chi connectivity index (χ0v) is 19.6. The number of hydrogen-bond acceptors (Lipinski definition) is 4. The summed E-state index contributed by atoms with van der Waals surface area (Å²) in [5.74, 6) is 1.36. The van der Waals surface area contributed by atoms with Crippen LogP contribution in [0.5, 0.6) is 5.75 Å². The number of aliphatic imine (C=N–C) groups is 1. The fourth-order valence-corrected chi connectivity index (χ4v) is 4.65. The first kappa shape index (κ1) is 21.9. The van der Waals surface area contributed by atoms with E-state index < -0.39 is 0 Å². The number of imidazole rings is 1. The van der Waals surface area contributed by atoms with Crippen LogP contribution in [-0.2, 0) is 5.54 Å². The maximum atomic E-state index is 6.56. The SMILES string of the molecule is C=CNC(=NC)c1cc(OC)c2nc(-c3ccc(C4(N)CCC4)cc3)c(-c3ccccc3)n2c1. The minimum Gasteiger partial charge on any atom is -0.493 e. The smallest absolute Gasteiger partial charge is 0.180 e. The van der Waals surface area contributed by atoms with Crippen LogP contribution in [0.4, 0.5) is 0 Å². The van der Waals surface area contributed by atoms with Crippen LogP contribution in [0.25, 0.3) is 28.2 Å². The lowest BCUT2D eigenvalue weighted by Gasteiger charge is -2.38. The molecule has 0 bridgehead atoms. The van der Waals surface area contributed by atoms with E-state index in [0.29, 0.717) is 11.6 Å². The van der Waals surface area contributed by atoms with Crippen LogP contribution < -0.4 is 15.8 Å². The van der Waals surface area contributed by atoms with E-state index in [1.807, 2.05) is 30.5 Å². The second-order valence-electron chi connectivity index (χ2n) is 8.67. The lowest BCUT2D eigenvalue weighted by molar-refractivity contribution is 0.253. The zero-order valence-electron chi connectivity index (χ0n) is 19.6. The summed E-state index contributed by atoms with van der Waals surface area (Å²) in [4.78, 5) is 9.43. The Balaban J connectivity index is 1.74. The maximum Gasteiger partial charge on any atom is 0.180 e. The average molecular weight is 452 g/mol. The van der Waals surface area contributed by atoms with Crippen molar-refractivity contribution in [3.05, 3.63) is 90.8 Å². The van der Waals surface area contributed by atoms with Gasteiger partial charge in [-0.25, -0.2) is 4.98 Å². The summed E-state index contributed by atoms with van der Waals surface area (Å²) in [5.41, 5.74) is 13.1. The Bertz CT molecular complexity index is 1370. The zero-order chi connectivity index (χ0) is 23.7. The molecule has 3 N–H and O–H groups in total. The van der Waals surface area contributed by atoms with Crippen molar-refractivity contribution < 1.29 is 4.74 Å². The number of ether oxygens (including phenoxy) is 1. The first-order valence-electron chi connectivity index (χ1n) is 11.5. The number of benzene rings is 2. The third-order valence-electron chi connectivity index (χ3n) is 6.67. The quantitative estimate of drug-likeness (QED) is 0.315. The van der Waals surface area contributed by atoms with Crippen LogP contribution in [0.15, 0.2) is 84.6 Å². The minimum absolute atomic E-state index is 0.189. The highest BCUT2D eigenvalue weighted by Crippen LogP contribution is 2.40. The molecule has 2 heterocycles. The number of methoxy groups -OCH3 is 1. The molecule has 34 heavy (non-hydrogen) atoms. The molecule has 0 saturated heterocycles. The van der Waals surface area contributed by atoms with E-state index in [0.717, 1.165) is 46.6 Å². The number of fused-ring (bicyclic) bond motifs is 1. The summed E-state index contributed by atoms with van der Waals surface area (Å²) in [6.45, 7) is 3.77. The third kappa shape index (κ3) is 3.66. The maximum absolute atomic E-state index is 6.56. The molecule has 1 aliphatic rings. The molecular weight excluding hydrogens is 422 g/mol. The molecule has 0 aliphatic heterocycles. The van der Waals surface area contributed by atoms with Gasteiger partial charge in [-0.05, 0) is 37.1 Å². The number of amidine groups is 1. The van der Waals surface area contributed by atoms with Gasteiger partial charge in [-0.15, -0.1) is 0 Å². The number of rotatable bonds is 6. The number of hydrogen-bond donors (Lipinski definition) is 2. The van der Waals surface area contributed by atoms with E-state index in [9.17, 15) is 0 Å². The van der Waals surface area contributed by atoms with Gasteiger partial charge < -0.3 is 15.8 Å². The molecule has 1 fully saturated rings. The Kier molecular flexibility index (Phi) is 5.67. The predicted molar refractivity (Wildman–Crippen MR) is 138 cm³/mol. The lowest BCUT2D eigenvalue weighted by atomic mass is 9.72. The molecule has 1 saturated carbocycles. The molecule has 0 spiro atoms. The van der Waals surface area contributed by atoms with Crippen molar-refractivity contribution in [3.63, 3.8) is 0 Å². The van der Waals surface area contributed by atoms with Gasteiger partial charge in [0.05, 0.1) is 18.5 Å². The summed E-state index contributed by atoms with van der Waals surface area (Å²) in [7, 11) is 3.40. The summed E-state index contributed by atoms with van der Waals surface area (Å²) in [6, 6.07) is 20.8. The molecular formula is C28H29N5O. The first-order valence-corrected chi connectivity index (χ1v) is 11.5. The van der Waals surface area contributed by atoms with E-state index >= 15 is 0 Å². The summed E-state index contributed by atoms with van der Waals surface area (Å²) in [5, 5.41) is 3.11. The average Bonchev–Trinajstić information content (AvgIpc) is 3.25. The molecule has 2 aromatic heterocycles. The van der Waals surface area contributed by atoms with Crippen molar-refractivity contribution in [2.24, 2.45) is 10.7 Å². The second kappa shape index (κ2) is 8.80. The van der Waals surface area contributed by atoms with E-state index in [1.54, 1.807) is 20.4 Å². The number of pyridine rings is 1. The first-order chi connectivity index (χ1) is 16.6. The number of nitrogens with two attached hydrogens (primary N) is 1. The molecule has 172 valence electrons. The summed E-state index contributed by atoms with van der Waals surface area (Å²) < 4.78 is 7.84.